The summed E-state index contributed by atoms with van der Waals surface area (Å²) in [5, 5.41) is 8.51. The molecule has 32 heavy (non-hydrogen) atoms. The summed E-state index contributed by atoms with van der Waals surface area (Å²) < 4.78 is 7.39. The number of hydrazone groups is 2. The smallest absolute Gasteiger partial charge is 0.250 e. The molecule has 0 unspecified atom stereocenters. The highest BCUT2D eigenvalue weighted by atomic mass is 79.9. The minimum Gasteiger partial charge on any atom is -0.378 e. The highest BCUT2D eigenvalue weighted by molar-refractivity contribution is 9.10. The number of anilines is 3. The molecule has 0 bridgehead atoms. The lowest BCUT2D eigenvalue weighted by Crippen LogP contribution is -2.37. The van der Waals surface area contributed by atoms with Crippen molar-refractivity contribution in [3.05, 3.63) is 68.6 Å². The van der Waals surface area contributed by atoms with Crippen molar-refractivity contribution in [3.63, 3.8) is 0 Å². The van der Waals surface area contributed by atoms with Gasteiger partial charge >= 0.3 is 0 Å². The van der Waals surface area contributed by atoms with Gasteiger partial charge in [-0.1, -0.05) is 56.1 Å². The fraction of sp³-hybridized carbons (Fsp3) is 0.190. The molecule has 0 aliphatic carbocycles. The third-order valence-corrected chi connectivity index (χ3v) is 5.36. The van der Waals surface area contributed by atoms with Crippen LogP contribution in [-0.4, -0.2) is 53.7 Å². The average Bonchev–Trinajstić information content (AvgIpc) is 2.80. The molecule has 0 radical (unpaired) electrons. The zero-order valence-corrected chi connectivity index (χ0v) is 20.1. The summed E-state index contributed by atoms with van der Waals surface area (Å²) in [5.74, 6) is 1.16. The molecule has 11 heteroatoms. The molecule has 1 aliphatic heterocycles. The van der Waals surface area contributed by atoms with Gasteiger partial charge in [-0.15, -0.1) is 0 Å². The van der Waals surface area contributed by atoms with Gasteiger partial charge in [0.1, 0.15) is 0 Å². The number of nitrogens with one attached hydrogen (secondary N) is 2. The van der Waals surface area contributed by atoms with Gasteiger partial charge in [0.25, 0.3) is 0 Å². The normalized spacial score (nSPS) is 14.2. The van der Waals surface area contributed by atoms with Gasteiger partial charge in [0.15, 0.2) is 0 Å². The summed E-state index contributed by atoms with van der Waals surface area (Å²) in [5.41, 5.74) is 7.64. The van der Waals surface area contributed by atoms with Crippen LogP contribution in [0.4, 0.5) is 17.8 Å². The lowest BCUT2D eigenvalue weighted by Gasteiger charge is -2.26. The van der Waals surface area contributed by atoms with Crippen molar-refractivity contribution in [1.82, 2.24) is 15.0 Å². The van der Waals surface area contributed by atoms with E-state index in [9.17, 15) is 0 Å². The number of nitrogens with zero attached hydrogens (tertiary/aromatic N) is 6. The summed E-state index contributed by atoms with van der Waals surface area (Å²) in [7, 11) is 0. The molecule has 1 aromatic heterocycles. The topological polar surface area (TPSA) is 99.9 Å². The molecular weight excluding hydrogens is 540 g/mol. The molecule has 2 heterocycles. The van der Waals surface area contributed by atoms with Crippen molar-refractivity contribution in [2.75, 3.05) is 42.1 Å². The molecule has 0 saturated carbocycles. The van der Waals surface area contributed by atoms with Crippen LogP contribution in [0.2, 0.25) is 0 Å². The molecule has 2 N–H and O–H groups in total. The summed E-state index contributed by atoms with van der Waals surface area (Å²) in [6.45, 7) is 2.65. The number of hydrogen-bond donors (Lipinski definition) is 2. The van der Waals surface area contributed by atoms with Crippen molar-refractivity contribution in [2.45, 2.75) is 0 Å². The van der Waals surface area contributed by atoms with Crippen LogP contribution in [0.15, 0.2) is 67.7 Å². The van der Waals surface area contributed by atoms with Gasteiger partial charge in [-0.2, -0.15) is 25.2 Å². The van der Waals surface area contributed by atoms with Gasteiger partial charge in [-0.25, -0.2) is 10.9 Å². The van der Waals surface area contributed by atoms with Crippen molar-refractivity contribution < 1.29 is 4.74 Å². The molecule has 2 aromatic carbocycles. The van der Waals surface area contributed by atoms with E-state index in [0.29, 0.717) is 44.1 Å². The van der Waals surface area contributed by atoms with Crippen LogP contribution in [-0.2, 0) is 4.74 Å². The summed E-state index contributed by atoms with van der Waals surface area (Å²) in [6.07, 6.45) is 3.39. The lowest BCUT2D eigenvalue weighted by atomic mass is 10.2. The predicted molar refractivity (Wildman–Crippen MR) is 134 cm³/mol. The van der Waals surface area contributed by atoms with Gasteiger partial charge < -0.3 is 9.64 Å². The number of rotatable bonds is 7. The first-order valence-corrected chi connectivity index (χ1v) is 11.4. The van der Waals surface area contributed by atoms with Crippen molar-refractivity contribution in [1.29, 1.82) is 0 Å². The number of aromatic nitrogens is 3. The number of benzene rings is 2. The van der Waals surface area contributed by atoms with E-state index in [2.05, 4.69) is 67.9 Å². The van der Waals surface area contributed by atoms with Crippen molar-refractivity contribution >= 4 is 62.1 Å². The highest BCUT2D eigenvalue weighted by Gasteiger charge is 2.16. The average molecular weight is 560 g/mol. The van der Waals surface area contributed by atoms with Gasteiger partial charge in [0.05, 0.1) is 25.6 Å². The molecule has 0 atom stereocenters. The first-order chi connectivity index (χ1) is 15.7. The predicted octanol–water partition coefficient (Wildman–Crippen LogP) is 4.13. The second-order valence-corrected chi connectivity index (χ2v) is 8.56. The molecule has 1 saturated heterocycles. The van der Waals surface area contributed by atoms with Crippen molar-refractivity contribution in [3.8, 4) is 0 Å². The molecule has 9 nitrogen and oxygen atoms in total. The molecular formula is C21H20Br2N8O. The molecule has 0 amide bonds. The molecule has 3 aromatic rings. The maximum absolute atomic E-state index is 5.43. The van der Waals surface area contributed by atoms with Gasteiger partial charge in [-0.3, -0.25) is 0 Å². The Balaban J connectivity index is 1.52. The minimum absolute atomic E-state index is 0.313. The second-order valence-electron chi connectivity index (χ2n) is 6.73. The Morgan fingerprint density at radius 3 is 1.84 bits per heavy atom. The Labute approximate surface area is 202 Å². The van der Waals surface area contributed by atoms with E-state index in [-0.39, 0.29) is 0 Å². The van der Waals surface area contributed by atoms with Crippen LogP contribution in [0.3, 0.4) is 0 Å². The molecule has 164 valence electrons. The number of halogens is 2. The maximum Gasteiger partial charge on any atom is 0.250 e. The Morgan fingerprint density at radius 2 is 1.34 bits per heavy atom. The molecule has 1 fully saturated rings. The maximum atomic E-state index is 5.43. The third kappa shape index (κ3) is 6.55. The van der Waals surface area contributed by atoms with E-state index < -0.39 is 0 Å². The van der Waals surface area contributed by atoms with Gasteiger partial charge in [0, 0.05) is 22.0 Å². The van der Waals surface area contributed by atoms with E-state index in [0.717, 1.165) is 20.1 Å². The van der Waals surface area contributed by atoms with Crippen molar-refractivity contribution in [2.24, 2.45) is 10.2 Å². The molecule has 4 rings (SSSR count). The standard InChI is InChI=1S/C21H20Br2N8O/c22-17-5-1-3-15(11-17)13-24-29-19-26-20(28-21(27-19)31-7-9-32-10-8-31)30-25-14-16-4-2-6-18(23)12-16/h1-6,11-14H,7-10H2,(H2,26,27,28,29,30)/b24-13+,25-14+. The Hall–Kier alpha value is -2.89. The number of morpholine rings is 1. The fourth-order valence-electron chi connectivity index (χ4n) is 2.87. The van der Waals surface area contributed by atoms with Crippen LogP contribution in [0.25, 0.3) is 0 Å². The first kappa shape index (κ1) is 22.3. The quantitative estimate of drug-likeness (QED) is 0.331. The van der Waals surface area contributed by atoms with Crippen LogP contribution in [0, 0.1) is 0 Å². The van der Waals surface area contributed by atoms with E-state index in [1.54, 1.807) is 12.4 Å². The van der Waals surface area contributed by atoms with Crippen LogP contribution < -0.4 is 15.8 Å². The van der Waals surface area contributed by atoms with Gasteiger partial charge in [-0.05, 0) is 35.4 Å². The minimum atomic E-state index is 0.313. The fourth-order valence-corrected chi connectivity index (χ4v) is 3.71. The largest absolute Gasteiger partial charge is 0.378 e. The molecule has 1 aliphatic rings. The summed E-state index contributed by atoms with van der Waals surface area (Å²) in [4.78, 5) is 15.4. The molecule has 0 spiro atoms. The monoisotopic (exact) mass is 558 g/mol. The Bertz CT molecular complexity index is 1040. The third-order valence-electron chi connectivity index (χ3n) is 4.37. The van der Waals surface area contributed by atoms with Crippen LogP contribution in [0.5, 0.6) is 0 Å². The first-order valence-electron chi connectivity index (χ1n) is 9.84. The number of hydrogen-bond acceptors (Lipinski definition) is 9. The Kier molecular flexibility index (Phi) is 7.75. The Morgan fingerprint density at radius 1 is 0.812 bits per heavy atom. The number of ether oxygens (including phenoxy) is 1. The SMILES string of the molecule is Brc1cccc(/C=N/Nc2nc(N/N=C/c3cccc(Br)c3)nc(N3CCOCC3)n2)c1. The second kappa shape index (κ2) is 11.1. The zero-order chi connectivity index (χ0) is 22.2. The lowest BCUT2D eigenvalue weighted by molar-refractivity contribution is 0.122. The van der Waals surface area contributed by atoms with E-state index in [4.69, 9.17) is 4.74 Å². The van der Waals surface area contributed by atoms with Crippen LogP contribution >= 0.6 is 31.9 Å². The zero-order valence-electron chi connectivity index (χ0n) is 16.9. The summed E-state index contributed by atoms with van der Waals surface area (Å²) in [6, 6.07) is 15.6. The summed E-state index contributed by atoms with van der Waals surface area (Å²) >= 11 is 6.90. The van der Waals surface area contributed by atoms with Crippen LogP contribution in [0.1, 0.15) is 11.1 Å². The van der Waals surface area contributed by atoms with E-state index in [1.807, 2.05) is 53.4 Å². The van der Waals surface area contributed by atoms with Gasteiger partial charge in [0.2, 0.25) is 17.8 Å². The van der Waals surface area contributed by atoms with E-state index >= 15 is 0 Å². The highest BCUT2D eigenvalue weighted by Crippen LogP contribution is 2.16. The van der Waals surface area contributed by atoms with E-state index in [1.165, 1.54) is 0 Å².